The topological polar surface area (TPSA) is 158 Å². The lowest BCUT2D eigenvalue weighted by Crippen LogP contribution is -2.50. The highest BCUT2D eigenvalue weighted by Crippen LogP contribution is 2.10. The van der Waals surface area contributed by atoms with Gasteiger partial charge in [-0.3, -0.25) is 19.6 Å². The molecule has 0 fully saturated rings. The molecule has 0 saturated heterocycles. The molecular weight excluding hydrogens is 448 g/mol. The van der Waals surface area contributed by atoms with Crippen LogP contribution in [0, 0.1) is 11.8 Å². The quantitative estimate of drug-likeness (QED) is 0.163. The Morgan fingerprint density at radius 2 is 1.60 bits per heavy atom. The average Bonchev–Trinajstić information content (AvgIpc) is 2.90. The summed E-state index contributed by atoms with van der Waals surface area (Å²) < 4.78 is 0. The number of hydrogen-bond acceptors (Lipinski definition) is 7. The largest absolute Gasteiger partial charge is 0.361 e. The smallest absolute Gasteiger partial charge is 0.267 e. The second kappa shape index (κ2) is 12.5. The van der Waals surface area contributed by atoms with Crippen LogP contribution in [0.5, 0.6) is 0 Å². The molecule has 178 valence electrons. The van der Waals surface area contributed by atoms with Crippen molar-refractivity contribution in [3.05, 3.63) is 89.6 Å². The summed E-state index contributed by atoms with van der Waals surface area (Å²) in [6.07, 6.45) is 1.64. The van der Waals surface area contributed by atoms with Crippen molar-refractivity contribution in [2.45, 2.75) is 6.04 Å². The molecule has 0 aliphatic rings. The van der Waals surface area contributed by atoms with Crippen molar-refractivity contribution >= 4 is 29.2 Å². The monoisotopic (exact) mass is 472 g/mol. The fourth-order valence-corrected chi connectivity index (χ4v) is 2.88. The minimum absolute atomic E-state index is 0.0914. The minimum atomic E-state index is -1.04. The van der Waals surface area contributed by atoms with E-state index in [1.807, 2.05) is 6.07 Å². The van der Waals surface area contributed by atoms with Crippen LogP contribution in [0.2, 0.25) is 0 Å². The highest BCUT2D eigenvalue weighted by Gasteiger charge is 2.19. The first-order valence-electron chi connectivity index (χ1n) is 10.6. The third-order valence-electron chi connectivity index (χ3n) is 4.73. The van der Waals surface area contributed by atoms with Gasteiger partial charge in [0.05, 0.1) is 6.54 Å². The van der Waals surface area contributed by atoms with Crippen molar-refractivity contribution in [1.29, 1.82) is 0 Å². The Labute approximate surface area is 201 Å². The van der Waals surface area contributed by atoms with Crippen LogP contribution < -0.4 is 27.2 Å². The highest BCUT2D eigenvalue weighted by molar-refractivity contribution is 5.97. The first kappa shape index (κ1) is 24.9. The minimum Gasteiger partial charge on any atom is -0.361 e. The number of aromatic nitrogens is 1. The van der Waals surface area contributed by atoms with Gasteiger partial charge in [0, 0.05) is 35.1 Å². The molecule has 1 aromatic heterocycles. The number of benzene rings is 2. The van der Waals surface area contributed by atoms with Gasteiger partial charge < -0.3 is 21.7 Å². The average molecular weight is 473 g/mol. The standard InChI is InChI=1S/C25H24N6O4/c26-15-21(25(34)31-35)30-24(33)19-10-6-17(7-11-19)4-5-18-8-12-20(13-9-18)29-23(32)16-28-22-3-1-2-14-27-22/h1-3,6-14,21,35H,15-16,26H2,(H,27,28)(H,29,32)(H,30,33)(H,31,34)/t21-/m0/s1. The number of hydroxylamine groups is 1. The molecule has 0 saturated carbocycles. The molecule has 3 amide bonds. The van der Waals surface area contributed by atoms with Gasteiger partial charge in [-0.15, -0.1) is 0 Å². The molecule has 10 heteroatoms. The number of rotatable bonds is 8. The lowest BCUT2D eigenvalue weighted by molar-refractivity contribution is -0.130. The first-order chi connectivity index (χ1) is 17.0. The summed E-state index contributed by atoms with van der Waals surface area (Å²) in [5.74, 6) is 5.14. The Morgan fingerprint density at radius 3 is 2.17 bits per heavy atom. The van der Waals surface area contributed by atoms with Crippen molar-refractivity contribution in [3.8, 4) is 11.8 Å². The molecule has 0 radical (unpaired) electrons. The van der Waals surface area contributed by atoms with Crippen LogP contribution in [0.4, 0.5) is 11.5 Å². The maximum Gasteiger partial charge on any atom is 0.267 e. The van der Waals surface area contributed by atoms with E-state index in [2.05, 4.69) is 32.8 Å². The van der Waals surface area contributed by atoms with Gasteiger partial charge in [0.15, 0.2) is 0 Å². The zero-order chi connectivity index (χ0) is 25.0. The molecule has 1 heterocycles. The van der Waals surface area contributed by atoms with Gasteiger partial charge in [-0.1, -0.05) is 17.9 Å². The fourth-order valence-electron chi connectivity index (χ4n) is 2.88. The molecule has 3 rings (SSSR count). The Hall–Kier alpha value is -4.72. The van der Waals surface area contributed by atoms with Gasteiger partial charge in [0.2, 0.25) is 5.91 Å². The van der Waals surface area contributed by atoms with Crippen molar-refractivity contribution in [1.82, 2.24) is 15.8 Å². The summed E-state index contributed by atoms with van der Waals surface area (Å²) >= 11 is 0. The number of anilines is 2. The number of carbonyl (C=O) groups excluding carboxylic acids is 3. The number of carbonyl (C=O) groups is 3. The van der Waals surface area contributed by atoms with Crippen molar-refractivity contribution in [3.63, 3.8) is 0 Å². The van der Waals surface area contributed by atoms with Crippen molar-refractivity contribution in [2.24, 2.45) is 5.73 Å². The van der Waals surface area contributed by atoms with E-state index >= 15 is 0 Å². The number of pyridine rings is 1. The Balaban J connectivity index is 1.53. The van der Waals surface area contributed by atoms with Gasteiger partial charge in [0.1, 0.15) is 11.9 Å². The Bertz CT molecular complexity index is 1220. The van der Waals surface area contributed by atoms with Crippen LogP contribution in [0.15, 0.2) is 72.9 Å². The van der Waals surface area contributed by atoms with Gasteiger partial charge in [-0.2, -0.15) is 0 Å². The van der Waals surface area contributed by atoms with Gasteiger partial charge in [-0.25, -0.2) is 10.5 Å². The summed E-state index contributed by atoms with van der Waals surface area (Å²) in [4.78, 5) is 39.9. The van der Waals surface area contributed by atoms with E-state index in [0.29, 0.717) is 22.6 Å². The molecular formula is C25H24N6O4. The predicted molar refractivity (Wildman–Crippen MR) is 130 cm³/mol. The van der Waals surface area contributed by atoms with E-state index in [-0.39, 0.29) is 19.0 Å². The predicted octanol–water partition coefficient (Wildman–Crippen LogP) is 1.09. The van der Waals surface area contributed by atoms with E-state index in [9.17, 15) is 14.4 Å². The molecule has 0 bridgehead atoms. The SMILES string of the molecule is NC[C@H](NC(=O)c1ccc(C#Cc2ccc(NC(=O)CNc3ccccn3)cc2)cc1)C(=O)NO. The Kier molecular flexibility index (Phi) is 8.90. The highest BCUT2D eigenvalue weighted by atomic mass is 16.5. The zero-order valence-electron chi connectivity index (χ0n) is 18.6. The molecule has 3 aromatic rings. The number of hydrogen-bond donors (Lipinski definition) is 6. The molecule has 0 unspecified atom stereocenters. The second-order valence-electron chi connectivity index (χ2n) is 7.26. The lowest BCUT2D eigenvalue weighted by atomic mass is 10.1. The Morgan fingerprint density at radius 1 is 0.943 bits per heavy atom. The summed E-state index contributed by atoms with van der Waals surface area (Å²) in [5, 5.41) is 16.9. The first-order valence-corrected chi connectivity index (χ1v) is 10.6. The number of amides is 3. The maximum atomic E-state index is 12.2. The van der Waals surface area contributed by atoms with Crippen molar-refractivity contribution < 1.29 is 19.6 Å². The van der Waals surface area contributed by atoms with Crippen LogP contribution in [-0.4, -0.2) is 47.0 Å². The summed E-state index contributed by atoms with van der Waals surface area (Å²) in [6, 6.07) is 17.9. The summed E-state index contributed by atoms with van der Waals surface area (Å²) in [6.45, 7) is -0.0691. The van der Waals surface area contributed by atoms with Crippen molar-refractivity contribution in [2.75, 3.05) is 23.7 Å². The van der Waals surface area contributed by atoms with Crippen LogP contribution in [0.3, 0.4) is 0 Å². The second-order valence-corrected chi connectivity index (χ2v) is 7.26. The van der Waals surface area contributed by atoms with Crippen LogP contribution in [0.25, 0.3) is 0 Å². The molecule has 0 aliphatic carbocycles. The van der Waals surface area contributed by atoms with E-state index in [0.717, 1.165) is 5.56 Å². The van der Waals surface area contributed by atoms with E-state index in [4.69, 9.17) is 10.9 Å². The zero-order valence-corrected chi connectivity index (χ0v) is 18.6. The third kappa shape index (κ3) is 7.68. The normalized spacial score (nSPS) is 10.8. The molecule has 1 atom stereocenters. The number of nitrogens with one attached hydrogen (secondary N) is 4. The number of nitrogens with zero attached hydrogens (tertiary/aromatic N) is 1. The van der Waals surface area contributed by atoms with E-state index in [1.54, 1.807) is 66.9 Å². The van der Waals surface area contributed by atoms with Gasteiger partial charge in [0.25, 0.3) is 11.8 Å². The molecule has 35 heavy (non-hydrogen) atoms. The van der Waals surface area contributed by atoms with Crippen LogP contribution >= 0.6 is 0 Å². The molecule has 10 nitrogen and oxygen atoms in total. The number of nitrogens with two attached hydrogens (primary N) is 1. The fraction of sp³-hybridized carbons (Fsp3) is 0.120. The lowest BCUT2D eigenvalue weighted by Gasteiger charge is -2.14. The van der Waals surface area contributed by atoms with Gasteiger partial charge >= 0.3 is 0 Å². The van der Waals surface area contributed by atoms with Gasteiger partial charge in [-0.05, 0) is 60.7 Å². The summed E-state index contributed by atoms with van der Waals surface area (Å²) in [5.41, 5.74) is 9.28. The van der Waals surface area contributed by atoms with E-state index < -0.39 is 17.9 Å². The maximum absolute atomic E-state index is 12.2. The molecule has 0 aliphatic heterocycles. The van der Waals surface area contributed by atoms with Crippen LogP contribution in [0.1, 0.15) is 21.5 Å². The van der Waals surface area contributed by atoms with E-state index in [1.165, 1.54) is 5.48 Å². The molecule has 7 N–H and O–H groups in total. The summed E-state index contributed by atoms with van der Waals surface area (Å²) in [7, 11) is 0. The molecule has 0 spiro atoms. The molecule has 2 aromatic carbocycles. The van der Waals surface area contributed by atoms with Crippen LogP contribution in [-0.2, 0) is 9.59 Å². The third-order valence-corrected chi connectivity index (χ3v) is 4.73.